The number of thiazole rings is 1. The molecule has 0 spiro atoms. The number of hydrogen-bond acceptors (Lipinski definition) is 8. The van der Waals surface area contributed by atoms with Crippen molar-refractivity contribution in [1.29, 1.82) is 0 Å². The number of nitrogens with zero attached hydrogens (tertiary/aromatic N) is 4. The largest absolute Gasteiger partial charge is 0.494 e. The Morgan fingerprint density at radius 1 is 1.20 bits per heavy atom. The summed E-state index contributed by atoms with van der Waals surface area (Å²) in [5.41, 5.74) is 0.843. The highest BCUT2D eigenvalue weighted by Gasteiger charge is 2.35. The van der Waals surface area contributed by atoms with Crippen LogP contribution in [-0.4, -0.2) is 75.4 Å². The maximum atomic E-state index is 13.7. The molecule has 1 aliphatic rings. The van der Waals surface area contributed by atoms with Crippen LogP contribution < -0.4 is 9.64 Å². The van der Waals surface area contributed by atoms with Crippen LogP contribution in [0.5, 0.6) is 5.75 Å². The molecule has 3 aromatic rings. The Morgan fingerprint density at radius 2 is 1.97 bits per heavy atom. The number of ether oxygens (including phenoxy) is 1. The van der Waals surface area contributed by atoms with Crippen LogP contribution in [0.25, 0.3) is 10.2 Å². The number of anilines is 1. The summed E-state index contributed by atoms with van der Waals surface area (Å²) < 4.78 is 34.2. The third-order valence-electron chi connectivity index (χ3n) is 6.04. The minimum absolute atomic E-state index is 0.0287. The number of benzene rings is 1. The van der Waals surface area contributed by atoms with E-state index in [1.54, 1.807) is 17.5 Å². The first-order chi connectivity index (χ1) is 16.8. The average Bonchev–Trinajstić information content (AvgIpc) is 3.52. The standard InChI is InChI=1S/C24H32N4O4S3/c1-4-32-19-8-9-20-21(17-19)34-24(25-20)28(13-6-12-26(2)3)23(29)18-10-14-27(15-11-18)35(30,31)22-7-5-16-33-22/h5,7-9,16-18H,4,6,10-15H2,1-3H3. The second-order valence-corrected chi connectivity index (χ2v) is 12.9. The summed E-state index contributed by atoms with van der Waals surface area (Å²) in [6.07, 6.45) is 1.84. The molecule has 1 amide bonds. The molecular formula is C24H32N4O4S3. The van der Waals surface area contributed by atoms with Gasteiger partial charge in [-0.3, -0.25) is 9.69 Å². The van der Waals surface area contributed by atoms with Crippen molar-refractivity contribution in [3.05, 3.63) is 35.7 Å². The van der Waals surface area contributed by atoms with E-state index in [0.717, 1.165) is 28.9 Å². The van der Waals surface area contributed by atoms with Gasteiger partial charge in [0.05, 0.1) is 16.8 Å². The van der Waals surface area contributed by atoms with E-state index in [4.69, 9.17) is 9.72 Å². The highest BCUT2D eigenvalue weighted by atomic mass is 32.2. The molecule has 1 saturated heterocycles. The number of sulfonamides is 1. The van der Waals surface area contributed by atoms with E-state index in [1.807, 2.05) is 44.1 Å². The SMILES string of the molecule is CCOc1ccc2nc(N(CCCN(C)C)C(=O)C3CCN(S(=O)(=O)c4cccs4)CC3)sc2c1. The average molecular weight is 537 g/mol. The lowest BCUT2D eigenvalue weighted by Gasteiger charge is -2.32. The van der Waals surface area contributed by atoms with Crippen LogP contribution in [0, 0.1) is 5.92 Å². The van der Waals surface area contributed by atoms with Crippen molar-refractivity contribution in [1.82, 2.24) is 14.2 Å². The van der Waals surface area contributed by atoms with Gasteiger partial charge in [-0.25, -0.2) is 13.4 Å². The number of amides is 1. The topological polar surface area (TPSA) is 83.1 Å². The molecule has 2 aromatic heterocycles. The third kappa shape index (κ3) is 6.03. The Morgan fingerprint density at radius 3 is 2.63 bits per heavy atom. The van der Waals surface area contributed by atoms with Gasteiger partial charge in [0.2, 0.25) is 5.91 Å². The van der Waals surface area contributed by atoms with E-state index >= 15 is 0 Å². The van der Waals surface area contributed by atoms with Crippen molar-refractivity contribution < 1.29 is 17.9 Å². The Bertz CT molecular complexity index is 1230. The molecule has 0 unspecified atom stereocenters. The highest BCUT2D eigenvalue weighted by molar-refractivity contribution is 7.91. The summed E-state index contributed by atoms with van der Waals surface area (Å²) >= 11 is 2.72. The van der Waals surface area contributed by atoms with Crippen LogP contribution in [0.4, 0.5) is 5.13 Å². The quantitative estimate of drug-likeness (QED) is 0.387. The fourth-order valence-electron chi connectivity index (χ4n) is 4.21. The van der Waals surface area contributed by atoms with Gasteiger partial charge in [0.15, 0.2) is 5.13 Å². The van der Waals surface area contributed by atoms with Crippen molar-refractivity contribution in [2.24, 2.45) is 5.92 Å². The predicted octanol–water partition coefficient (Wildman–Crippen LogP) is 4.14. The summed E-state index contributed by atoms with van der Waals surface area (Å²) in [5.74, 6) is 0.594. The van der Waals surface area contributed by atoms with Gasteiger partial charge in [0.25, 0.3) is 10.0 Å². The minimum atomic E-state index is -3.49. The maximum Gasteiger partial charge on any atom is 0.252 e. The summed E-state index contributed by atoms with van der Waals surface area (Å²) in [6, 6.07) is 9.17. The molecule has 190 valence electrons. The lowest BCUT2D eigenvalue weighted by molar-refractivity contribution is -0.123. The Kier molecular flexibility index (Phi) is 8.43. The molecule has 8 nitrogen and oxygen atoms in total. The van der Waals surface area contributed by atoms with Crippen LogP contribution in [0.1, 0.15) is 26.2 Å². The van der Waals surface area contributed by atoms with E-state index in [0.29, 0.717) is 48.4 Å². The first-order valence-electron chi connectivity index (χ1n) is 11.8. The van der Waals surface area contributed by atoms with Crippen LogP contribution in [-0.2, 0) is 14.8 Å². The molecule has 0 bridgehead atoms. The summed E-state index contributed by atoms with van der Waals surface area (Å²) in [6.45, 7) is 4.67. The van der Waals surface area contributed by atoms with Crippen molar-refractivity contribution in [3.8, 4) is 5.75 Å². The number of piperidine rings is 1. The molecule has 0 aliphatic carbocycles. The maximum absolute atomic E-state index is 13.7. The smallest absolute Gasteiger partial charge is 0.252 e. The molecule has 35 heavy (non-hydrogen) atoms. The zero-order valence-corrected chi connectivity index (χ0v) is 22.8. The van der Waals surface area contributed by atoms with Gasteiger partial charge in [-0.05, 0) is 76.5 Å². The van der Waals surface area contributed by atoms with Crippen molar-refractivity contribution in [3.63, 3.8) is 0 Å². The summed E-state index contributed by atoms with van der Waals surface area (Å²) in [7, 11) is 0.543. The molecule has 3 heterocycles. The van der Waals surface area contributed by atoms with Crippen molar-refractivity contribution >= 4 is 54.0 Å². The second kappa shape index (κ2) is 11.3. The van der Waals surface area contributed by atoms with Gasteiger partial charge < -0.3 is 9.64 Å². The Labute approximate surface area is 215 Å². The number of carbonyl (C=O) groups is 1. The number of thiophene rings is 1. The molecule has 0 saturated carbocycles. The first-order valence-corrected chi connectivity index (χ1v) is 15.0. The van der Waals surface area contributed by atoms with Crippen LogP contribution in [0.15, 0.2) is 39.9 Å². The number of fused-ring (bicyclic) bond motifs is 1. The summed E-state index contributed by atoms with van der Waals surface area (Å²) in [5, 5.41) is 2.45. The predicted molar refractivity (Wildman–Crippen MR) is 142 cm³/mol. The molecule has 11 heteroatoms. The molecule has 0 N–H and O–H groups in total. The van der Waals surface area contributed by atoms with Crippen LogP contribution in [0.3, 0.4) is 0 Å². The fourth-order valence-corrected chi connectivity index (χ4v) is 7.85. The fraction of sp³-hybridized carbons (Fsp3) is 0.500. The van der Waals surface area contributed by atoms with E-state index in [1.165, 1.54) is 27.0 Å². The van der Waals surface area contributed by atoms with Gasteiger partial charge in [-0.2, -0.15) is 4.31 Å². The van der Waals surface area contributed by atoms with Crippen molar-refractivity contribution in [2.45, 2.75) is 30.4 Å². The molecule has 4 rings (SSSR count). The number of rotatable bonds is 10. The second-order valence-electron chi connectivity index (χ2n) is 8.82. The lowest BCUT2D eigenvalue weighted by Crippen LogP contribution is -2.45. The molecule has 1 aliphatic heterocycles. The van der Waals surface area contributed by atoms with E-state index in [-0.39, 0.29) is 11.8 Å². The van der Waals surface area contributed by atoms with Gasteiger partial charge in [-0.1, -0.05) is 17.4 Å². The lowest BCUT2D eigenvalue weighted by atomic mass is 9.96. The number of aromatic nitrogens is 1. The zero-order valence-electron chi connectivity index (χ0n) is 20.3. The third-order valence-corrected chi connectivity index (χ3v) is 10.3. The van der Waals surface area contributed by atoms with Crippen LogP contribution in [0.2, 0.25) is 0 Å². The molecular weight excluding hydrogens is 504 g/mol. The van der Waals surface area contributed by atoms with E-state index < -0.39 is 10.0 Å². The Balaban J connectivity index is 1.51. The van der Waals surface area contributed by atoms with Gasteiger partial charge in [0.1, 0.15) is 9.96 Å². The Hall–Kier alpha value is -2.05. The zero-order chi connectivity index (χ0) is 25.0. The number of hydrogen-bond donors (Lipinski definition) is 0. The highest BCUT2D eigenvalue weighted by Crippen LogP contribution is 2.34. The van der Waals surface area contributed by atoms with E-state index in [2.05, 4.69) is 4.90 Å². The van der Waals surface area contributed by atoms with Crippen molar-refractivity contribution in [2.75, 3.05) is 51.8 Å². The van der Waals surface area contributed by atoms with E-state index in [9.17, 15) is 13.2 Å². The van der Waals surface area contributed by atoms with Gasteiger partial charge in [-0.15, -0.1) is 11.3 Å². The van der Waals surface area contributed by atoms with Gasteiger partial charge >= 0.3 is 0 Å². The van der Waals surface area contributed by atoms with Crippen LogP contribution >= 0.6 is 22.7 Å². The molecule has 0 atom stereocenters. The minimum Gasteiger partial charge on any atom is -0.494 e. The van der Waals surface area contributed by atoms with Gasteiger partial charge in [0, 0.05) is 25.6 Å². The monoisotopic (exact) mass is 536 g/mol. The summed E-state index contributed by atoms with van der Waals surface area (Å²) in [4.78, 5) is 22.4. The molecule has 1 aromatic carbocycles. The molecule has 0 radical (unpaired) electrons. The normalized spacial score (nSPS) is 15.7. The first kappa shape index (κ1) is 26.0. The molecule has 1 fully saturated rings. The number of carbonyl (C=O) groups excluding carboxylic acids is 1.